The van der Waals surface area contributed by atoms with Crippen LogP contribution in [0.3, 0.4) is 0 Å². The van der Waals surface area contributed by atoms with E-state index in [1.54, 1.807) is 0 Å². The van der Waals surface area contributed by atoms with Gasteiger partial charge < -0.3 is 18.6 Å². The molecule has 0 unspecified atom stereocenters. The van der Waals surface area contributed by atoms with E-state index in [0.29, 0.717) is 0 Å². The first-order chi connectivity index (χ1) is 37.5. The second-order valence-electron chi connectivity index (χ2n) is 25.0. The number of fused-ring (bicyclic) bond motifs is 16. The lowest BCUT2D eigenvalue weighted by Crippen LogP contribution is -2.50. The second kappa shape index (κ2) is 17.1. The quantitative estimate of drug-likeness (QED) is 0.118. The van der Waals surface area contributed by atoms with Crippen LogP contribution < -0.4 is 15.0 Å². The van der Waals surface area contributed by atoms with Crippen molar-refractivity contribution in [3.8, 4) is 11.1 Å². The molecule has 1 aliphatic carbocycles. The average Bonchev–Trinajstić information content (AvgIpc) is 3.75. The minimum atomic E-state index is -1.56. The van der Waals surface area contributed by atoms with Crippen LogP contribution in [0.4, 0.5) is 34.1 Å². The SMILES string of the molecule is Cc1ccc(N(c2ccc3c4c(c5ccccc5c3c2)-c2ccc3cc(N(c5ccc([Si](C)(C)C)cc5)c5cccc6c5oc5ccccc56)ccc3c2C4(C(C)(C)C)C(C)(C)C)c2cccc3c2oc2ccccc23)cc1. The summed E-state index contributed by atoms with van der Waals surface area (Å²) >= 11 is 0. The minimum absolute atomic E-state index is 0.238. The van der Waals surface area contributed by atoms with Gasteiger partial charge in [0, 0.05) is 49.7 Å². The van der Waals surface area contributed by atoms with Gasteiger partial charge >= 0.3 is 0 Å². The van der Waals surface area contributed by atoms with Gasteiger partial charge in [-0.1, -0.05) is 205 Å². The molecule has 0 atom stereocenters. The van der Waals surface area contributed by atoms with Crippen LogP contribution in [0.1, 0.15) is 58.2 Å². The van der Waals surface area contributed by atoms with Gasteiger partial charge in [-0.25, -0.2) is 0 Å². The highest BCUT2D eigenvalue weighted by Gasteiger charge is 2.59. The highest BCUT2D eigenvalue weighted by atomic mass is 28.3. The molecule has 4 nitrogen and oxygen atoms in total. The molecule has 0 spiro atoms. The molecule has 2 aromatic heterocycles. The third-order valence-corrected chi connectivity index (χ3v) is 19.4. The van der Waals surface area contributed by atoms with Gasteiger partial charge in [-0.05, 0) is 145 Å². The van der Waals surface area contributed by atoms with Crippen molar-refractivity contribution in [1.29, 1.82) is 0 Å². The molecule has 0 aliphatic heterocycles. The van der Waals surface area contributed by atoms with Crippen molar-refractivity contribution in [3.63, 3.8) is 0 Å². The first-order valence-electron chi connectivity index (χ1n) is 27.7. The molecule has 78 heavy (non-hydrogen) atoms. The highest BCUT2D eigenvalue weighted by molar-refractivity contribution is 6.88. The van der Waals surface area contributed by atoms with Crippen molar-refractivity contribution >= 4 is 124 Å². The lowest BCUT2D eigenvalue weighted by atomic mass is 9.49. The van der Waals surface area contributed by atoms with E-state index in [9.17, 15) is 0 Å². The molecule has 5 heteroatoms. The number of hydrogen-bond acceptors (Lipinski definition) is 4. The fraction of sp³-hybridized carbons (Fsp3) is 0.178. The topological polar surface area (TPSA) is 32.8 Å². The van der Waals surface area contributed by atoms with Gasteiger partial charge in [0.05, 0.1) is 19.4 Å². The van der Waals surface area contributed by atoms with Gasteiger partial charge in [0.1, 0.15) is 11.2 Å². The molecule has 1 aliphatic rings. The lowest BCUT2D eigenvalue weighted by Gasteiger charge is -2.54. The smallest absolute Gasteiger partial charge is 0.159 e. The first-order valence-corrected chi connectivity index (χ1v) is 31.2. The summed E-state index contributed by atoms with van der Waals surface area (Å²) in [7, 11) is -1.56. The van der Waals surface area contributed by atoms with Gasteiger partial charge in [0.25, 0.3) is 0 Å². The van der Waals surface area contributed by atoms with Crippen LogP contribution in [-0.2, 0) is 5.41 Å². The Kier molecular flexibility index (Phi) is 10.5. The van der Waals surface area contributed by atoms with E-state index in [4.69, 9.17) is 8.83 Å². The maximum Gasteiger partial charge on any atom is 0.159 e. The van der Waals surface area contributed by atoms with E-state index >= 15 is 0 Å². The Morgan fingerprint density at radius 2 is 0.859 bits per heavy atom. The molecule has 0 amide bonds. The van der Waals surface area contributed by atoms with Gasteiger partial charge in [-0.3, -0.25) is 0 Å². The summed E-state index contributed by atoms with van der Waals surface area (Å²) in [5.41, 5.74) is 15.7. The summed E-state index contributed by atoms with van der Waals surface area (Å²) in [5.74, 6) is 0. The predicted octanol–water partition coefficient (Wildman–Crippen LogP) is 21.1. The molecule has 0 radical (unpaired) electrons. The Labute approximate surface area is 458 Å². The molecular weight excluding hydrogens is 965 g/mol. The van der Waals surface area contributed by atoms with E-state index in [-0.39, 0.29) is 10.8 Å². The van der Waals surface area contributed by atoms with Crippen LogP contribution in [0.5, 0.6) is 0 Å². The van der Waals surface area contributed by atoms with Crippen molar-refractivity contribution in [2.75, 3.05) is 9.80 Å². The zero-order valence-corrected chi connectivity index (χ0v) is 47.3. The molecule has 0 bridgehead atoms. The van der Waals surface area contributed by atoms with Crippen LogP contribution in [0.15, 0.2) is 215 Å². The van der Waals surface area contributed by atoms with Crippen molar-refractivity contribution in [3.05, 3.63) is 223 Å². The van der Waals surface area contributed by atoms with Crippen LogP contribution in [-0.4, -0.2) is 8.07 Å². The Bertz CT molecular complexity index is 4560. The van der Waals surface area contributed by atoms with E-state index in [1.165, 1.54) is 65.3 Å². The maximum absolute atomic E-state index is 6.80. The monoisotopic (exact) mass is 1030 g/mol. The third kappa shape index (κ3) is 6.96. The van der Waals surface area contributed by atoms with Crippen LogP contribution >= 0.6 is 0 Å². The summed E-state index contributed by atoms with van der Waals surface area (Å²) in [4.78, 5) is 4.80. The summed E-state index contributed by atoms with van der Waals surface area (Å²) < 4.78 is 13.6. The first kappa shape index (κ1) is 48.0. The minimum Gasteiger partial charge on any atom is -0.454 e. The van der Waals surface area contributed by atoms with Crippen LogP contribution in [0.25, 0.3) is 87.3 Å². The molecule has 0 saturated heterocycles. The fourth-order valence-electron chi connectivity index (χ4n) is 14.3. The summed E-state index contributed by atoms with van der Waals surface area (Å²) in [6.07, 6.45) is 0. The lowest BCUT2D eigenvalue weighted by molar-refractivity contribution is 0.0977. The Morgan fingerprint density at radius 1 is 0.385 bits per heavy atom. The van der Waals surface area contributed by atoms with Gasteiger partial charge in [-0.15, -0.1) is 0 Å². The van der Waals surface area contributed by atoms with E-state index < -0.39 is 13.5 Å². The zero-order chi connectivity index (χ0) is 53.6. The van der Waals surface area contributed by atoms with Crippen LogP contribution in [0, 0.1) is 17.8 Å². The molecule has 11 aromatic carbocycles. The Morgan fingerprint density at radius 3 is 1.41 bits per heavy atom. The number of hydrogen-bond donors (Lipinski definition) is 0. The molecular formula is C73H64N2O2Si. The summed E-state index contributed by atoms with van der Waals surface area (Å²) in [5, 5.41) is 13.4. The number of para-hydroxylation sites is 4. The normalized spacial score (nSPS) is 13.6. The van der Waals surface area contributed by atoms with Crippen molar-refractivity contribution in [2.45, 2.75) is 73.5 Å². The van der Waals surface area contributed by atoms with Gasteiger partial charge in [-0.2, -0.15) is 0 Å². The van der Waals surface area contributed by atoms with Crippen molar-refractivity contribution in [2.24, 2.45) is 10.8 Å². The second-order valence-corrected chi connectivity index (χ2v) is 30.1. The molecule has 2 heterocycles. The summed E-state index contributed by atoms with van der Waals surface area (Å²) in [6.45, 7) is 24.3. The Balaban J connectivity index is 1.01. The van der Waals surface area contributed by atoms with Gasteiger partial charge in [0.2, 0.25) is 0 Å². The van der Waals surface area contributed by atoms with E-state index in [0.717, 1.165) is 78.0 Å². The van der Waals surface area contributed by atoms with Crippen molar-refractivity contribution in [1.82, 2.24) is 0 Å². The zero-order valence-electron chi connectivity index (χ0n) is 46.3. The fourth-order valence-corrected chi connectivity index (χ4v) is 15.4. The van der Waals surface area contributed by atoms with E-state index in [1.807, 2.05) is 0 Å². The number of nitrogens with zero attached hydrogens (tertiary/aromatic N) is 2. The summed E-state index contributed by atoms with van der Waals surface area (Å²) in [6, 6.07) is 76.6. The van der Waals surface area contributed by atoms with Gasteiger partial charge in [0.15, 0.2) is 11.2 Å². The van der Waals surface area contributed by atoms with E-state index in [2.05, 4.69) is 284 Å². The maximum atomic E-state index is 6.80. The molecule has 0 fully saturated rings. The number of benzene rings is 11. The Hall–Kier alpha value is -8.38. The number of furan rings is 2. The number of anilines is 6. The molecule has 382 valence electrons. The molecule has 0 N–H and O–H groups in total. The third-order valence-electron chi connectivity index (χ3n) is 17.3. The molecule has 14 rings (SSSR count). The highest BCUT2D eigenvalue weighted by Crippen LogP contribution is 2.68. The van der Waals surface area contributed by atoms with Crippen molar-refractivity contribution < 1.29 is 8.83 Å². The number of rotatable bonds is 7. The molecule has 0 saturated carbocycles. The van der Waals surface area contributed by atoms with Crippen LogP contribution in [0.2, 0.25) is 19.6 Å². The standard InChI is InChI=1S/C73H64N2O2Si/c1-45-29-32-47(33-30-45)75(63-26-18-24-59-55-21-14-16-28-65(55)77-70(59)63)50-37-42-57-61(44-50)53-19-11-12-22-56(53)66-60-40-31-46-43-49(36-41-52(46)67(60)73(68(57)66,71(2,3)4)72(5,6)7)74(48-34-38-51(39-35-48)78(8,9)10)62-25-17-23-58-54-20-13-15-27-64(54)76-69(58)62/h11-44H,1-10H3. The number of aryl methyl sites for hydroxylation is 1. The average molecular weight is 1030 g/mol. The predicted molar refractivity (Wildman–Crippen MR) is 336 cm³/mol. The largest absolute Gasteiger partial charge is 0.454 e. The molecule has 13 aromatic rings.